The molecule has 0 saturated heterocycles. The first-order valence-corrected chi connectivity index (χ1v) is 3.53. The van der Waals surface area contributed by atoms with Gasteiger partial charge in [0, 0.05) is 16.1 Å². The van der Waals surface area contributed by atoms with Gasteiger partial charge in [0.15, 0.2) is 0 Å². The molecule has 10 heavy (non-hydrogen) atoms. The number of para-hydroxylation sites is 1. The van der Waals surface area contributed by atoms with Crippen LogP contribution in [0.5, 0.6) is 0 Å². The van der Waals surface area contributed by atoms with E-state index in [2.05, 4.69) is 26.6 Å². The summed E-state index contributed by atoms with van der Waals surface area (Å²) >= 11 is 3.05. The number of hydrogen-bond acceptors (Lipinski definition) is 2. The zero-order valence-corrected chi connectivity index (χ0v) is 6.72. The lowest BCUT2D eigenvalue weighted by Crippen LogP contribution is -1.83. The molecule has 50 valence electrons. The van der Waals surface area contributed by atoms with Crippen molar-refractivity contribution in [3.05, 3.63) is 29.8 Å². The smallest absolute Gasteiger partial charge is 0.101 e. The van der Waals surface area contributed by atoms with Crippen molar-refractivity contribution >= 4 is 21.8 Å². The molecule has 0 fully saturated rings. The largest absolute Gasteiger partial charge is 0.321 e. The zero-order valence-electron chi connectivity index (χ0n) is 5.13. The molecule has 0 heterocycles. The van der Waals surface area contributed by atoms with Crippen LogP contribution in [0.1, 0.15) is 5.56 Å². The SMILES string of the molecule is N#Cc1ccccc1NBr. The Hall–Kier alpha value is -1.01. The molecular formula is C7H5BrN2. The van der Waals surface area contributed by atoms with Gasteiger partial charge in [0.1, 0.15) is 6.07 Å². The summed E-state index contributed by atoms with van der Waals surface area (Å²) in [5.41, 5.74) is 1.43. The Morgan fingerprint density at radius 3 is 2.60 bits per heavy atom. The molecule has 0 saturated carbocycles. The van der Waals surface area contributed by atoms with Crippen molar-refractivity contribution in [3.63, 3.8) is 0 Å². The molecular weight excluding hydrogens is 192 g/mol. The van der Waals surface area contributed by atoms with Gasteiger partial charge < -0.3 is 4.34 Å². The van der Waals surface area contributed by atoms with E-state index in [1.807, 2.05) is 18.2 Å². The van der Waals surface area contributed by atoms with Crippen LogP contribution in [0.25, 0.3) is 0 Å². The zero-order chi connectivity index (χ0) is 7.40. The van der Waals surface area contributed by atoms with Crippen LogP contribution in [0.3, 0.4) is 0 Å². The number of benzene rings is 1. The second-order valence-corrected chi connectivity index (χ2v) is 2.15. The van der Waals surface area contributed by atoms with Crippen LogP contribution in [0.4, 0.5) is 5.69 Å². The van der Waals surface area contributed by atoms with Gasteiger partial charge in [-0.15, -0.1) is 0 Å². The molecule has 0 unspecified atom stereocenters. The van der Waals surface area contributed by atoms with Gasteiger partial charge in [0.2, 0.25) is 0 Å². The first-order valence-electron chi connectivity index (χ1n) is 2.74. The van der Waals surface area contributed by atoms with Gasteiger partial charge in [-0.3, -0.25) is 0 Å². The molecule has 0 aliphatic heterocycles. The van der Waals surface area contributed by atoms with Gasteiger partial charge in [0.25, 0.3) is 0 Å². The van der Waals surface area contributed by atoms with Crippen molar-refractivity contribution in [2.75, 3.05) is 4.34 Å². The minimum absolute atomic E-state index is 0.638. The molecule has 1 aromatic carbocycles. The van der Waals surface area contributed by atoms with E-state index in [1.54, 1.807) is 6.07 Å². The average molecular weight is 197 g/mol. The fraction of sp³-hybridized carbons (Fsp3) is 0. The maximum atomic E-state index is 8.54. The third-order valence-corrected chi connectivity index (χ3v) is 1.58. The number of nitriles is 1. The van der Waals surface area contributed by atoms with Crippen LogP contribution in [0.2, 0.25) is 0 Å². The van der Waals surface area contributed by atoms with Crippen molar-refractivity contribution in [1.29, 1.82) is 5.26 Å². The number of anilines is 1. The number of nitrogens with zero attached hydrogens (tertiary/aromatic N) is 1. The van der Waals surface area contributed by atoms with Gasteiger partial charge >= 0.3 is 0 Å². The molecule has 0 spiro atoms. The minimum Gasteiger partial charge on any atom is -0.321 e. The number of rotatable bonds is 1. The van der Waals surface area contributed by atoms with Gasteiger partial charge in [-0.2, -0.15) is 5.26 Å². The van der Waals surface area contributed by atoms with Gasteiger partial charge in [-0.05, 0) is 12.1 Å². The summed E-state index contributed by atoms with van der Waals surface area (Å²) in [6, 6.07) is 9.33. The van der Waals surface area contributed by atoms with E-state index in [9.17, 15) is 0 Å². The normalized spacial score (nSPS) is 8.40. The van der Waals surface area contributed by atoms with E-state index >= 15 is 0 Å². The molecule has 0 aliphatic carbocycles. The molecule has 0 bridgehead atoms. The Bertz CT molecular complexity index is 265. The lowest BCUT2D eigenvalue weighted by atomic mass is 10.2. The highest BCUT2D eigenvalue weighted by atomic mass is 79.9. The number of halogens is 1. The predicted molar refractivity (Wildman–Crippen MR) is 43.7 cm³/mol. The molecule has 0 radical (unpaired) electrons. The summed E-state index contributed by atoms with van der Waals surface area (Å²) in [6.45, 7) is 0. The monoisotopic (exact) mass is 196 g/mol. The Morgan fingerprint density at radius 1 is 1.40 bits per heavy atom. The van der Waals surface area contributed by atoms with Crippen molar-refractivity contribution < 1.29 is 0 Å². The molecule has 0 atom stereocenters. The van der Waals surface area contributed by atoms with Crippen molar-refractivity contribution in [2.45, 2.75) is 0 Å². The molecule has 3 heteroatoms. The lowest BCUT2D eigenvalue weighted by molar-refractivity contribution is 1.49. The predicted octanol–water partition coefficient (Wildman–Crippen LogP) is 2.28. The fourth-order valence-corrected chi connectivity index (χ4v) is 1.01. The fourth-order valence-electron chi connectivity index (χ4n) is 0.663. The first kappa shape index (κ1) is 7.10. The Balaban J connectivity index is 3.12. The standard InChI is InChI=1S/C7H5BrN2/c8-10-7-4-2-1-3-6(7)5-9/h1-4,10H. The van der Waals surface area contributed by atoms with Gasteiger partial charge in [0.05, 0.1) is 11.3 Å². The number of hydrogen-bond donors (Lipinski definition) is 1. The molecule has 0 aliphatic rings. The maximum absolute atomic E-state index is 8.54. The van der Waals surface area contributed by atoms with Crippen LogP contribution in [-0.4, -0.2) is 0 Å². The highest BCUT2D eigenvalue weighted by molar-refractivity contribution is 9.10. The molecule has 1 N–H and O–H groups in total. The van der Waals surface area contributed by atoms with Crippen molar-refractivity contribution in [2.24, 2.45) is 0 Å². The third-order valence-electron chi connectivity index (χ3n) is 1.15. The summed E-state index contributed by atoms with van der Waals surface area (Å²) in [5.74, 6) is 0. The summed E-state index contributed by atoms with van der Waals surface area (Å²) in [6.07, 6.45) is 0. The van der Waals surface area contributed by atoms with Crippen molar-refractivity contribution in [1.82, 2.24) is 0 Å². The van der Waals surface area contributed by atoms with Crippen molar-refractivity contribution in [3.8, 4) is 6.07 Å². The second kappa shape index (κ2) is 3.23. The van der Waals surface area contributed by atoms with Crippen LogP contribution >= 0.6 is 16.1 Å². The topological polar surface area (TPSA) is 35.8 Å². The van der Waals surface area contributed by atoms with Gasteiger partial charge in [-0.1, -0.05) is 12.1 Å². The highest BCUT2D eigenvalue weighted by Crippen LogP contribution is 2.14. The Kier molecular flexibility index (Phi) is 2.30. The molecule has 1 rings (SSSR count). The average Bonchev–Trinajstić information content (AvgIpc) is 2.04. The third kappa shape index (κ3) is 1.28. The first-order chi connectivity index (χ1) is 4.88. The van der Waals surface area contributed by atoms with Gasteiger partial charge in [-0.25, -0.2) is 0 Å². The summed E-state index contributed by atoms with van der Waals surface area (Å²) in [5, 5.41) is 8.54. The van der Waals surface area contributed by atoms with Crippen LogP contribution in [0, 0.1) is 11.3 Å². The summed E-state index contributed by atoms with van der Waals surface area (Å²) < 4.78 is 2.74. The molecule has 2 nitrogen and oxygen atoms in total. The second-order valence-electron chi connectivity index (χ2n) is 1.75. The Morgan fingerprint density at radius 2 is 2.10 bits per heavy atom. The van der Waals surface area contributed by atoms with Crippen LogP contribution in [0.15, 0.2) is 24.3 Å². The quantitative estimate of drug-likeness (QED) is 0.701. The molecule has 1 aromatic rings. The van der Waals surface area contributed by atoms with E-state index < -0.39 is 0 Å². The van der Waals surface area contributed by atoms with Crippen LogP contribution in [-0.2, 0) is 0 Å². The Labute approximate surface area is 67.8 Å². The van der Waals surface area contributed by atoms with E-state index in [0.29, 0.717) is 5.56 Å². The van der Waals surface area contributed by atoms with E-state index in [-0.39, 0.29) is 0 Å². The number of nitrogens with one attached hydrogen (secondary N) is 1. The molecule has 0 amide bonds. The molecule has 0 aromatic heterocycles. The van der Waals surface area contributed by atoms with E-state index in [1.165, 1.54) is 0 Å². The lowest BCUT2D eigenvalue weighted by Gasteiger charge is -1.97. The van der Waals surface area contributed by atoms with E-state index in [0.717, 1.165) is 5.69 Å². The summed E-state index contributed by atoms with van der Waals surface area (Å²) in [4.78, 5) is 0. The minimum atomic E-state index is 0.638. The van der Waals surface area contributed by atoms with E-state index in [4.69, 9.17) is 5.26 Å². The maximum Gasteiger partial charge on any atom is 0.101 e. The highest BCUT2D eigenvalue weighted by Gasteiger charge is 1.95. The van der Waals surface area contributed by atoms with Crippen LogP contribution < -0.4 is 4.34 Å². The summed E-state index contributed by atoms with van der Waals surface area (Å²) in [7, 11) is 0.